The molecular weight excluding hydrogens is 449 g/mol. The number of ether oxygens (including phenoxy) is 2. The van der Waals surface area contributed by atoms with Gasteiger partial charge in [-0.05, 0) is 37.1 Å². The molecule has 1 fully saturated rings. The van der Waals surface area contributed by atoms with Gasteiger partial charge in [0.15, 0.2) is 11.5 Å². The van der Waals surface area contributed by atoms with Crippen molar-refractivity contribution in [3.63, 3.8) is 0 Å². The Morgan fingerprint density at radius 3 is 2.38 bits per heavy atom. The number of esters is 1. The number of hydrogen-bond acceptors (Lipinski definition) is 6. The van der Waals surface area contributed by atoms with Gasteiger partial charge in [0.1, 0.15) is 0 Å². The molecule has 0 unspecified atom stereocenters. The van der Waals surface area contributed by atoms with Crippen LogP contribution in [0.4, 0.5) is 13.2 Å². The van der Waals surface area contributed by atoms with Crippen LogP contribution < -0.4 is 9.47 Å². The van der Waals surface area contributed by atoms with Crippen LogP contribution in [-0.2, 0) is 21.0 Å². The van der Waals surface area contributed by atoms with Gasteiger partial charge in [0.2, 0.25) is 10.0 Å². The fourth-order valence-electron chi connectivity index (χ4n) is 3.41. The zero-order valence-corrected chi connectivity index (χ0v) is 17.7. The van der Waals surface area contributed by atoms with Crippen LogP contribution in [0.3, 0.4) is 0 Å². The molecule has 3 rings (SSSR count). The third kappa shape index (κ3) is 4.87. The summed E-state index contributed by atoms with van der Waals surface area (Å²) in [5, 5.41) is 8.94. The lowest BCUT2D eigenvalue weighted by atomic mass is 9.98. The van der Waals surface area contributed by atoms with Crippen LogP contribution >= 0.6 is 0 Å². The topological polar surface area (TPSA) is 96.7 Å². The number of carbonyl (C=O) groups is 1. The highest BCUT2D eigenvalue weighted by Gasteiger charge is 2.40. The van der Waals surface area contributed by atoms with Gasteiger partial charge in [-0.1, -0.05) is 12.1 Å². The normalized spacial score (nSPS) is 15.7. The Balaban J connectivity index is 1.71. The number of carbonyl (C=O) groups excluding carboxylic acids is 1. The number of rotatable bonds is 5. The van der Waals surface area contributed by atoms with Crippen LogP contribution in [0.5, 0.6) is 11.5 Å². The second-order valence-electron chi connectivity index (χ2n) is 7.07. The monoisotopic (exact) mass is 468 g/mol. The molecule has 0 spiro atoms. The number of alkyl halides is 3. The van der Waals surface area contributed by atoms with Gasteiger partial charge in [0, 0.05) is 19.2 Å². The molecule has 2 aromatic carbocycles. The largest absolute Gasteiger partial charge is 0.493 e. The van der Waals surface area contributed by atoms with Crippen molar-refractivity contribution in [2.24, 2.45) is 5.92 Å². The van der Waals surface area contributed by atoms with Crippen molar-refractivity contribution in [1.82, 2.24) is 4.31 Å². The minimum Gasteiger partial charge on any atom is -0.493 e. The molecular formula is C21H19F3N2O5S. The lowest BCUT2D eigenvalue weighted by molar-refractivity contribution is -0.140. The molecule has 32 heavy (non-hydrogen) atoms. The van der Waals surface area contributed by atoms with Crippen LogP contribution in [0.1, 0.15) is 24.0 Å². The van der Waals surface area contributed by atoms with Crippen LogP contribution in [0, 0.1) is 17.2 Å². The summed E-state index contributed by atoms with van der Waals surface area (Å²) >= 11 is 0. The fourth-order valence-corrected chi connectivity index (χ4v) is 5.09. The molecule has 2 aromatic rings. The first-order valence-corrected chi connectivity index (χ1v) is 11.0. The summed E-state index contributed by atoms with van der Waals surface area (Å²) < 4.78 is 76.9. The zero-order chi connectivity index (χ0) is 23.5. The molecule has 1 heterocycles. The second kappa shape index (κ2) is 9.18. The number of methoxy groups -OCH3 is 1. The summed E-state index contributed by atoms with van der Waals surface area (Å²) in [6, 6.07) is 10.2. The average Bonchev–Trinajstić information content (AvgIpc) is 2.78. The van der Waals surface area contributed by atoms with Crippen molar-refractivity contribution < 1.29 is 35.9 Å². The smallest absolute Gasteiger partial charge is 0.417 e. The lowest BCUT2D eigenvalue weighted by Gasteiger charge is -2.30. The van der Waals surface area contributed by atoms with Crippen molar-refractivity contribution in [2.75, 3.05) is 20.2 Å². The Labute approximate surface area is 183 Å². The van der Waals surface area contributed by atoms with E-state index >= 15 is 0 Å². The Kier molecular flexibility index (Phi) is 6.76. The maximum Gasteiger partial charge on any atom is 0.417 e. The number of hydrogen-bond donors (Lipinski definition) is 0. The number of nitrogens with zero attached hydrogens (tertiary/aromatic N) is 2. The number of benzene rings is 2. The summed E-state index contributed by atoms with van der Waals surface area (Å²) in [6.45, 7) is -0.252. The van der Waals surface area contributed by atoms with E-state index < -0.39 is 38.5 Å². The molecule has 1 aliphatic heterocycles. The van der Waals surface area contributed by atoms with Crippen molar-refractivity contribution in [2.45, 2.75) is 23.9 Å². The van der Waals surface area contributed by atoms with E-state index in [1.807, 2.05) is 6.07 Å². The first kappa shape index (κ1) is 23.6. The van der Waals surface area contributed by atoms with Crippen molar-refractivity contribution in [3.05, 3.63) is 53.6 Å². The Morgan fingerprint density at radius 1 is 1.12 bits per heavy atom. The summed E-state index contributed by atoms with van der Waals surface area (Å²) in [7, 11) is -3.03. The molecule has 0 N–H and O–H groups in total. The van der Waals surface area contributed by atoms with Crippen LogP contribution in [0.25, 0.3) is 0 Å². The first-order valence-electron chi connectivity index (χ1n) is 9.54. The quantitative estimate of drug-likeness (QED) is 0.492. The molecule has 1 saturated heterocycles. The molecule has 0 bridgehead atoms. The maximum atomic E-state index is 13.3. The third-order valence-electron chi connectivity index (χ3n) is 5.10. The van der Waals surface area contributed by atoms with Gasteiger partial charge in [-0.15, -0.1) is 0 Å². The van der Waals surface area contributed by atoms with Gasteiger partial charge in [-0.2, -0.15) is 22.7 Å². The van der Waals surface area contributed by atoms with E-state index in [2.05, 4.69) is 0 Å². The van der Waals surface area contributed by atoms with E-state index in [9.17, 15) is 26.4 Å². The molecule has 0 aliphatic carbocycles. The Bertz CT molecular complexity index is 1150. The van der Waals surface area contributed by atoms with E-state index in [1.165, 1.54) is 31.4 Å². The SMILES string of the molecule is COc1cc(C#N)ccc1OC(=O)C1CCN(S(=O)(=O)c2ccccc2C(F)(F)F)CC1. The minimum absolute atomic E-state index is 0.0881. The van der Waals surface area contributed by atoms with Crippen LogP contribution in [0.2, 0.25) is 0 Å². The number of halogens is 3. The number of nitriles is 1. The first-order chi connectivity index (χ1) is 15.1. The van der Waals surface area contributed by atoms with E-state index in [0.29, 0.717) is 5.56 Å². The Hall–Kier alpha value is -3.10. The molecule has 0 atom stereocenters. The predicted octanol–water partition coefficient (Wildman–Crippen LogP) is 3.59. The zero-order valence-electron chi connectivity index (χ0n) is 16.9. The highest BCUT2D eigenvalue weighted by Crippen LogP contribution is 2.36. The molecule has 170 valence electrons. The van der Waals surface area contributed by atoms with Gasteiger partial charge in [-0.3, -0.25) is 4.79 Å². The van der Waals surface area contributed by atoms with E-state index in [0.717, 1.165) is 22.5 Å². The van der Waals surface area contributed by atoms with Gasteiger partial charge in [-0.25, -0.2) is 8.42 Å². The van der Waals surface area contributed by atoms with Crippen molar-refractivity contribution in [3.8, 4) is 17.6 Å². The highest BCUT2D eigenvalue weighted by atomic mass is 32.2. The highest BCUT2D eigenvalue weighted by molar-refractivity contribution is 7.89. The molecule has 7 nitrogen and oxygen atoms in total. The van der Waals surface area contributed by atoms with E-state index in [4.69, 9.17) is 14.7 Å². The molecule has 0 aromatic heterocycles. The summed E-state index contributed by atoms with van der Waals surface area (Å²) in [4.78, 5) is 11.7. The number of sulfonamides is 1. The van der Waals surface area contributed by atoms with Gasteiger partial charge < -0.3 is 9.47 Å². The second-order valence-corrected chi connectivity index (χ2v) is 8.98. The van der Waals surface area contributed by atoms with Gasteiger partial charge in [0.25, 0.3) is 0 Å². The average molecular weight is 468 g/mol. The van der Waals surface area contributed by atoms with Crippen molar-refractivity contribution in [1.29, 1.82) is 5.26 Å². The van der Waals surface area contributed by atoms with Crippen molar-refractivity contribution >= 4 is 16.0 Å². The molecule has 11 heteroatoms. The summed E-state index contributed by atoms with van der Waals surface area (Å²) in [6.07, 6.45) is -4.64. The van der Waals surface area contributed by atoms with E-state index in [-0.39, 0.29) is 37.4 Å². The predicted molar refractivity (Wildman–Crippen MR) is 106 cm³/mol. The van der Waals surface area contributed by atoms with Crippen LogP contribution in [0.15, 0.2) is 47.4 Å². The van der Waals surface area contributed by atoms with Crippen LogP contribution in [-0.4, -0.2) is 38.9 Å². The van der Waals surface area contributed by atoms with Gasteiger partial charge >= 0.3 is 12.1 Å². The third-order valence-corrected chi connectivity index (χ3v) is 7.06. The van der Waals surface area contributed by atoms with E-state index in [1.54, 1.807) is 0 Å². The summed E-state index contributed by atoms with van der Waals surface area (Å²) in [5.74, 6) is -0.938. The fraction of sp³-hybridized carbons (Fsp3) is 0.333. The van der Waals surface area contributed by atoms with Gasteiger partial charge in [0.05, 0.1) is 35.1 Å². The lowest BCUT2D eigenvalue weighted by Crippen LogP contribution is -2.41. The summed E-state index contributed by atoms with van der Waals surface area (Å²) in [5.41, 5.74) is -0.909. The molecule has 1 aliphatic rings. The molecule has 0 saturated carbocycles. The Morgan fingerprint density at radius 2 is 1.78 bits per heavy atom. The standard InChI is InChI=1S/C21H19F3N2O5S/c1-30-18-12-14(13-25)6-7-17(18)31-20(27)15-8-10-26(11-9-15)32(28,29)19-5-3-2-4-16(19)21(22,23)24/h2-7,12,15H,8-11H2,1H3. The molecule has 0 radical (unpaired) electrons. The molecule has 0 amide bonds. The maximum absolute atomic E-state index is 13.3. The minimum atomic E-state index is -4.81. The number of piperidine rings is 1.